The van der Waals surface area contributed by atoms with Crippen LogP contribution in [-0.2, 0) is 14.3 Å². The lowest BCUT2D eigenvalue weighted by molar-refractivity contribution is -0.142. The molecule has 1 aromatic carbocycles. The predicted molar refractivity (Wildman–Crippen MR) is 85.6 cm³/mol. The van der Waals surface area contributed by atoms with E-state index in [9.17, 15) is 24.3 Å². The average Bonchev–Trinajstić information content (AvgIpc) is 2.56. The van der Waals surface area contributed by atoms with Crippen LogP contribution >= 0.6 is 0 Å². The summed E-state index contributed by atoms with van der Waals surface area (Å²) in [6.45, 7) is 6.34. The van der Waals surface area contributed by atoms with Gasteiger partial charge in [-0.25, -0.2) is 19.2 Å². The zero-order chi connectivity index (χ0) is 19.1. The molecule has 0 saturated heterocycles. The first-order valence-electron chi connectivity index (χ1n) is 7.32. The third-order valence-electron chi connectivity index (χ3n) is 3.21. The second kappa shape index (κ2) is 8.62. The van der Waals surface area contributed by atoms with Gasteiger partial charge in [0, 0.05) is 5.57 Å². The lowest BCUT2D eigenvalue weighted by Gasteiger charge is -2.17. The summed E-state index contributed by atoms with van der Waals surface area (Å²) in [4.78, 5) is 46.1. The van der Waals surface area contributed by atoms with E-state index in [1.54, 1.807) is 6.92 Å². The van der Waals surface area contributed by atoms with Crippen LogP contribution in [0.15, 0.2) is 30.4 Å². The smallest absolute Gasteiger partial charge is 0.339 e. The van der Waals surface area contributed by atoms with Crippen LogP contribution in [0, 0.1) is 0 Å². The van der Waals surface area contributed by atoms with Crippen LogP contribution in [0.4, 0.5) is 0 Å². The molecule has 25 heavy (non-hydrogen) atoms. The summed E-state index contributed by atoms with van der Waals surface area (Å²) in [6.07, 6.45) is -0.512. The van der Waals surface area contributed by atoms with Gasteiger partial charge in [0.15, 0.2) is 0 Å². The second-order valence-corrected chi connectivity index (χ2v) is 5.15. The number of rotatable bonds is 8. The van der Waals surface area contributed by atoms with Crippen molar-refractivity contribution in [1.82, 2.24) is 0 Å². The predicted octanol–water partition coefficient (Wildman–Crippen LogP) is 2.14. The highest BCUT2D eigenvalue weighted by Crippen LogP contribution is 2.18. The van der Waals surface area contributed by atoms with Crippen LogP contribution in [0.5, 0.6) is 0 Å². The van der Waals surface area contributed by atoms with E-state index in [2.05, 4.69) is 6.58 Å². The van der Waals surface area contributed by atoms with Crippen LogP contribution in [0.2, 0.25) is 0 Å². The molecule has 134 valence electrons. The third-order valence-corrected chi connectivity index (χ3v) is 3.21. The van der Waals surface area contributed by atoms with Gasteiger partial charge in [0.2, 0.25) is 0 Å². The van der Waals surface area contributed by atoms with E-state index in [4.69, 9.17) is 14.6 Å². The summed E-state index contributed by atoms with van der Waals surface area (Å²) in [6, 6.07) is 3.48. The molecule has 8 nitrogen and oxygen atoms in total. The normalized spacial score (nSPS) is 11.3. The van der Waals surface area contributed by atoms with Gasteiger partial charge in [0.1, 0.15) is 12.7 Å². The topological polar surface area (TPSA) is 127 Å². The van der Waals surface area contributed by atoms with Gasteiger partial charge in [-0.3, -0.25) is 0 Å². The monoisotopic (exact) mass is 350 g/mol. The van der Waals surface area contributed by atoms with E-state index in [0.717, 1.165) is 12.1 Å². The molecule has 0 bridgehead atoms. The number of ether oxygens (including phenoxy) is 2. The fourth-order valence-electron chi connectivity index (χ4n) is 1.87. The Hall–Kier alpha value is -3.16. The number of hydrogen-bond acceptors (Lipinski definition) is 6. The molecule has 0 radical (unpaired) electrons. The van der Waals surface area contributed by atoms with Crippen LogP contribution in [-0.4, -0.2) is 46.8 Å². The van der Waals surface area contributed by atoms with Crippen molar-refractivity contribution >= 4 is 23.9 Å². The number of benzene rings is 1. The van der Waals surface area contributed by atoms with E-state index >= 15 is 0 Å². The first-order valence-corrected chi connectivity index (χ1v) is 7.32. The molecule has 2 N–H and O–H groups in total. The summed E-state index contributed by atoms with van der Waals surface area (Å²) in [5.41, 5.74) is -1.39. The highest BCUT2D eigenvalue weighted by Gasteiger charge is 2.26. The van der Waals surface area contributed by atoms with Crippen molar-refractivity contribution in [3.05, 3.63) is 47.0 Å². The number of esters is 2. The molecule has 0 aliphatic rings. The van der Waals surface area contributed by atoms with E-state index in [0.29, 0.717) is 6.42 Å². The minimum atomic E-state index is -1.56. The molecule has 0 aromatic heterocycles. The number of carbonyl (C=O) groups is 4. The van der Waals surface area contributed by atoms with Gasteiger partial charge in [-0.05, 0) is 25.5 Å². The standard InChI is InChI=1S/C17H18O8/c1-4-10(8-24-16(22)9(2)3)25-17(23)12-7-5-6-11(14(18)19)13(12)15(20)21/h5-7,10H,2,4,8H2,1,3H3,(H,18,19)(H,20,21). The average molecular weight is 350 g/mol. The Labute approximate surface area is 143 Å². The SMILES string of the molecule is C=C(C)C(=O)OCC(CC)OC(=O)c1cccc(C(=O)O)c1C(=O)O. The fourth-order valence-corrected chi connectivity index (χ4v) is 1.87. The van der Waals surface area contributed by atoms with E-state index in [1.807, 2.05) is 0 Å². The molecule has 0 fully saturated rings. The molecule has 0 amide bonds. The lowest BCUT2D eigenvalue weighted by Crippen LogP contribution is -2.26. The molecule has 0 aliphatic carbocycles. The number of carbonyl (C=O) groups excluding carboxylic acids is 2. The Balaban J connectivity index is 3.01. The summed E-state index contributed by atoms with van der Waals surface area (Å²) in [7, 11) is 0. The maximum absolute atomic E-state index is 12.3. The Morgan fingerprint density at radius 3 is 2.20 bits per heavy atom. The maximum Gasteiger partial charge on any atom is 0.339 e. The lowest BCUT2D eigenvalue weighted by atomic mass is 10.0. The van der Waals surface area contributed by atoms with Crippen molar-refractivity contribution in [1.29, 1.82) is 0 Å². The Morgan fingerprint density at radius 1 is 1.12 bits per heavy atom. The van der Waals surface area contributed by atoms with Crippen molar-refractivity contribution in [3.63, 3.8) is 0 Å². The van der Waals surface area contributed by atoms with Gasteiger partial charge in [0.25, 0.3) is 0 Å². The van der Waals surface area contributed by atoms with Crippen molar-refractivity contribution < 1.29 is 38.9 Å². The Kier molecular flexibility index (Phi) is 6.86. The molecule has 0 saturated carbocycles. The number of carboxylic acid groups (broad SMARTS) is 2. The van der Waals surface area contributed by atoms with Gasteiger partial charge in [-0.2, -0.15) is 0 Å². The first kappa shape index (κ1) is 19.9. The van der Waals surface area contributed by atoms with Crippen LogP contribution in [0.25, 0.3) is 0 Å². The van der Waals surface area contributed by atoms with E-state index in [1.165, 1.54) is 13.0 Å². The van der Waals surface area contributed by atoms with E-state index in [-0.39, 0.29) is 12.2 Å². The first-order chi connectivity index (χ1) is 11.7. The molecule has 8 heteroatoms. The molecule has 1 rings (SSSR count). The molecule has 0 heterocycles. The second-order valence-electron chi connectivity index (χ2n) is 5.15. The third kappa shape index (κ3) is 5.17. The molecule has 1 unspecified atom stereocenters. The summed E-state index contributed by atoms with van der Waals surface area (Å²) < 4.78 is 10.0. The fraction of sp³-hybridized carbons (Fsp3) is 0.294. The molecule has 0 spiro atoms. The van der Waals surface area contributed by atoms with Crippen molar-refractivity contribution in [2.24, 2.45) is 0 Å². The van der Waals surface area contributed by atoms with Gasteiger partial charge in [-0.1, -0.05) is 19.6 Å². The number of carboxylic acids is 2. The molecule has 1 aromatic rings. The zero-order valence-corrected chi connectivity index (χ0v) is 13.8. The Morgan fingerprint density at radius 2 is 1.72 bits per heavy atom. The quantitative estimate of drug-likeness (QED) is 0.539. The molecule has 1 atom stereocenters. The summed E-state index contributed by atoms with van der Waals surface area (Å²) in [5.74, 6) is -4.70. The molecular formula is C17H18O8. The van der Waals surface area contributed by atoms with Crippen LogP contribution in [0.3, 0.4) is 0 Å². The highest BCUT2D eigenvalue weighted by atomic mass is 16.6. The molecule has 0 aliphatic heterocycles. The van der Waals surface area contributed by atoms with Gasteiger partial charge >= 0.3 is 23.9 Å². The van der Waals surface area contributed by atoms with Gasteiger partial charge < -0.3 is 19.7 Å². The summed E-state index contributed by atoms with van der Waals surface area (Å²) in [5, 5.41) is 18.3. The minimum Gasteiger partial charge on any atom is -0.478 e. The van der Waals surface area contributed by atoms with Crippen molar-refractivity contribution in [2.45, 2.75) is 26.4 Å². The van der Waals surface area contributed by atoms with E-state index < -0.39 is 46.7 Å². The maximum atomic E-state index is 12.3. The minimum absolute atomic E-state index is 0.184. The largest absolute Gasteiger partial charge is 0.478 e. The zero-order valence-electron chi connectivity index (χ0n) is 13.8. The van der Waals surface area contributed by atoms with Crippen molar-refractivity contribution in [3.8, 4) is 0 Å². The van der Waals surface area contributed by atoms with Crippen LogP contribution in [0.1, 0.15) is 51.3 Å². The highest BCUT2D eigenvalue weighted by molar-refractivity contribution is 6.09. The van der Waals surface area contributed by atoms with Gasteiger partial charge in [-0.15, -0.1) is 0 Å². The summed E-state index contributed by atoms with van der Waals surface area (Å²) >= 11 is 0. The Bertz CT molecular complexity index is 719. The number of hydrogen-bond donors (Lipinski definition) is 2. The molecular weight excluding hydrogens is 332 g/mol. The van der Waals surface area contributed by atoms with Crippen LogP contribution < -0.4 is 0 Å². The van der Waals surface area contributed by atoms with Gasteiger partial charge in [0.05, 0.1) is 16.7 Å². The van der Waals surface area contributed by atoms with Crippen molar-refractivity contribution in [2.75, 3.05) is 6.61 Å². The number of aromatic carboxylic acids is 2.